The fourth-order valence-corrected chi connectivity index (χ4v) is 2.07. The van der Waals surface area contributed by atoms with Gasteiger partial charge in [0.25, 0.3) is 0 Å². The predicted octanol–water partition coefficient (Wildman–Crippen LogP) is 1.86. The van der Waals surface area contributed by atoms with Crippen LogP contribution in [0.4, 0.5) is 0 Å². The van der Waals surface area contributed by atoms with Gasteiger partial charge in [0.05, 0.1) is 19.1 Å². The van der Waals surface area contributed by atoms with Gasteiger partial charge >= 0.3 is 0 Å². The molecule has 1 aromatic rings. The van der Waals surface area contributed by atoms with Gasteiger partial charge in [0.2, 0.25) is 0 Å². The molecule has 0 bridgehead atoms. The maximum absolute atomic E-state index is 4.95. The molecule has 4 heteroatoms. The zero-order valence-corrected chi connectivity index (χ0v) is 8.30. The molecule has 1 aromatic heterocycles. The van der Waals surface area contributed by atoms with Gasteiger partial charge in [-0.3, -0.25) is 4.99 Å². The summed E-state index contributed by atoms with van der Waals surface area (Å²) in [6.45, 7) is 2.87. The van der Waals surface area contributed by atoms with Gasteiger partial charge in [-0.05, 0) is 13.0 Å². The first-order valence-corrected chi connectivity index (χ1v) is 5.28. The Balaban J connectivity index is 1.91. The van der Waals surface area contributed by atoms with E-state index in [1.54, 1.807) is 24.3 Å². The monoisotopic (exact) mass is 196 g/mol. The summed E-state index contributed by atoms with van der Waals surface area (Å²) >= 11 is 1.78. The number of hydrogen-bond acceptors (Lipinski definition) is 3. The van der Waals surface area contributed by atoms with Crippen molar-refractivity contribution >= 4 is 16.9 Å². The zero-order valence-electron chi connectivity index (χ0n) is 7.49. The molecule has 0 aliphatic carbocycles. The van der Waals surface area contributed by atoms with E-state index in [0.717, 1.165) is 16.5 Å². The van der Waals surface area contributed by atoms with Gasteiger partial charge in [-0.1, -0.05) is 11.8 Å². The minimum atomic E-state index is 0.549. The summed E-state index contributed by atoms with van der Waals surface area (Å²) in [5.74, 6) is 1.12. The molecule has 1 atom stereocenters. The van der Waals surface area contributed by atoms with Crippen LogP contribution in [0, 0.1) is 0 Å². The number of furan rings is 1. The highest BCUT2D eigenvalue weighted by Gasteiger charge is 2.14. The second-order valence-corrected chi connectivity index (χ2v) is 4.12. The van der Waals surface area contributed by atoms with E-state index in [1.165, 1.54) is 0 Å². The highest BCUT2D eigenvalue weighted by molar-refractivity contribution is 8.14. The molecule has 0 amide bonds. The SMILES string of the molecule is CC1CSC(=NCc2ccoc2)N1. The average Bonchev–Trinajstić information content (AvgIpc) is 2.71. The highest BCUT2D eigenvalue weighted by Crippen LogP contribution is 2.14. The Labute approximate surface area is 81.6 Å². The second-order valence-electron chi connectivity index (χ2n) is 3.11. The zero-order chi connectivity index (χ0) is 9.10. The van der Waals surface area contributed by atoms with Crippen LogP contribution in [0.3, 0.4) is 0 Å². The van der Waals surface area contributed by atoms with Gasteiger partial charge in [0.1, 0.15) is 0 Å². The molecule has 0 aromatic carbocycles. The van der Waals surface area contributed by atoms with E-state index < -0.39 is 0 Å². The van der Waals surface area contributed by atoms with Crippen molar-refractivity contribution in [3.05, 3.63) is 24.2 Å². The van der Waals surface area contributed by atoms with Crippen LogP contribution >= 0.6 is 11.8 Å². The lowest BCUT2D eigenvalue weighted by Gasteiger charge is -1.99. The van der Waals surface area contributed by atoms with Crippen LogP contribution in [-0.2, 0) is 6.54 Å². The Morgan fingerprint density at radius 2 is 2.69 bits per heavy atom. The molecule has 70 valence electrons. The third-order valence-electron chi connectivity index (χ3n) is 1.83. The number of amidine groups is 1. The Bertz CT molecular complexity index is 295. The topological polar surface area (TPSA) is 37.5 Å². The smallest absolute Gasteiger partial charge is 0.157 e. The molecule has 1 N–H and O–H groups in total. The van der Waals surface area contributed by atoms with Crippen molar-refractivity contribution in [1.82, 2.24) is 5.32 Å². The van der Waals surface area contributed by atoms with Gasteiger partial charge in [-0.25, -0.2) is 0 Å². The molecule has 13 heavy (non-hydrogen) atoms. The summed E-state index contributed by atoms with van der Waals surface area (Å²) in [7, 11) is 0. The summed E-state index contributed by atoms with van der Waals surface area (Å²) < 4.78 is 4.95. The lowest BCUT2D eigenvalue weighted by atomic mass is 10.3. The molecule has 2 heterocycles. The van der Waals surface area contributed by atoms with E-state index in [1.807, 2.05) is 6.07 Å². The van der Waals surface area contributed by atoms with Gasteiger partial charge in [0, 0.05) is 17.4 Å². The van der Waals surface area contributed by atoms with Crippen LogP contribution in [0.1, 0.15) is 12.5 Å². The lowest BCUT2D eigenvalue weighted by molar-refractivity contribution is 0.564. The molecule has 0 radical (unpaired) electrons. The predicted molar refractivity (Wildman–Crippen MR) is 54.9 cm³/mol. The summed E-state index contributed by atoms with van der Waals surface area (Å²) in [6.07, 6.45) is 3.40. The van der Waals surface area contributed by atoms with Crippen molar-refractivity contribution in [1.29, 1.82) is 0 Å². The summed E-state index contributed by atoms with van der Waals surface area (Å²) in [5.41, 5.74) is 1.12. The number of nitrogens with zero attached hydrogens (tertiary/aromatic N) is 1. The number of aliphatic imine (C=N–C) groups is 1. The molecule has 0 saturated carbocycles. The fraction of sp³-hybridized carbons (Fsp3) is 0.444. The highest BCUT2D eigenvalue weighted by atomic mass is 32.2. The molecular formula is C9H12N2OS. The minimum Gasteiger partial charge on any atom is -0.472 e. The molecular weight excluding hydrogens is 184 g/mol. The third kappa shape index (κ3) is 2.28. The normalized spacial score (nSPS) is 25.0. The maximum Gasteiger partial charge on any atom is 0.157 e. The van der Waals surface area contributed by atoms with Crippen LogP contribution in [0.5, 0.6) is 0 Å². The fourth-order valence-electron chi connectivity index (χ4n) is 1.14. The van der Waals surface area contributed by atoms with Gasteiger partial charge in [-0.2, -0.15) is 0 Å². The van der Waals surface area contributed by atoms with Crippen molar-refractivity contribution in [2.24, 2.45) is 4.99 Å². The molecule has 1 unspecified atom stereocenters. The van der Waals surface area contributed by atoms with Crippen molar-refractivity contribution < 1.29 is 4.42 Å². The molecule has 3 nitrogen and oxygen atoms in total. The molecule has 2 rings (SSSR count). The van der Waals surface area contributed by atoms with E-state index in [9.17, 15) is 0 Å². The third-order valence-corrected chi connectivity index (χ3v) is 3.01. The Morgan fingerprint density at radius 1 is 1.77 bits per heavy atom. The van der Waals surface area contributed by atoms with Crippen molar-refractivity contribution in [3.63, 3.8) is 0 Å². The number of thioether (sulfide) groups is 1. The minimum absolute atomic E-state index is 0.549. The summed E-state index contributed by atoms with van der Waals surface area (Å²) in [5, 5.41) is 4.35. The van der Waals surface area contributed by atoms with E-state index in [2.05, 4.69) is 17.2 Å². The first-order valence-electron chi connectivity index (χ1n) is 4.29. The first-order chi connectivity index (χ1) is 6.34. The van der Waals surface area contributed by atoms with E-state index in [0.29, 0.717) is 12.6 Å². The number of nitrogens with one attached hydrogen (secondary N) is 1. The average molecular weight is 196 g/mol. The standard InChI is InChI=1S/C9H12N2OS/c1-7-6-13-9(11-7)10-4-8-2-3-12-5-8/h2-3,5,7H,4,6H2,1H3,(H,10,11). The lowest BCUT2D eigenvalue weighted by Crippen LogP contribution is -2.23. The Morgan fingerprint density at radius 3 is 3.31 bits per heavy atom. The van der Waals surface area contributed by atoms with Crippen LogP contribution < -0.4 is 5.32 Å². The second kappa shape index (κ2) is 3.87. The van der Waals surface area contributed by atoms with Crippen LogP contribution in [0.25, 0.3) is 0 Å². The molecule has 1 aliphatic heterocycles. The molecule has 1 saturated heterocycles. The van der Waals surface area contributed by atoms with E-state index >= 15 is 0 Å². The first kappa shape index (κ1) is 8.69. The van der Waals surface area contributed by atoms with Crippen molar-refractivity contribution in [3.8, 4) is 0 Å². The van der Waals surface area contributed by atoms with Crippen molar-refractivity contribution in [2.45, 2.75) is 19.5 Å². The molecule has 1 fully saturated rings. The van der Waals surface area contributed by atoms with Crippen LogP contribution in [-0.4, -0.2) is 17.0 Å². The van der Waals surface area contributed by atoms with Crippen LogP contribution in [0.15, 0.2) is 28.0 Å². The molecule has 0 spiro atoms. The van der Waals surface area contributed by atoms with Crippen LogP contribution in [0.2, 0.25) is 0 Å². The van der Waals surface area contributed by atoms with E-state index in [4.69, 9.17) is 4.42 Å². The van der Waals surface area contributed by atoms with Crippen molar-refractivity contribution in [2.75, 3.05) is 5.75 Å². The largest absolute Gasteiger partial charge is 0.472 e. The van der Waals surface area contributed by atoms with Gasteiger partial charge < -0.3 is 9.73 Å². The number of hydrogen-bond donors (Lipinski definition) is 1. The van der Waals surface area contributed by atoms with Gasteiger partial charge in [-0.15, -0.1) is 0 Å². The van der Waals surface area contributed by atoms with Gasteiger partial charge in [0.15, 0.2) is 5.17 Å². The van der Waals surface area contributed by atoms with E-state index in [-0.39, 0.29) is 0 Å². The quantitative estimate of drug-likeness (QED) is 0.784. The number of rotatable bonds is 2. The summed E-state index contributed by atoms with van der Waals surface area (Å²) in [4.78, 5) is 4.42. The Hall–Kier alpha value is -0.900. The Kier molecular flexibility index (Phi) is 2.59. The molecule has 1 aliphatic rings. The maximum atomic E-state index is 4.95. The summed E-state index contributed by atoms with van der Waals surface area (Å²) in [6, 6.07) is 2.49.